The van der Waals surface area contributed by atoms with E-state index in [2.05, 4.69) is 50.2 Å². The SMILES string of the molecule is Clc1cccc(N2CCN(CCc3c[nH]c4ccccc34)CC2)n1. The number of nitrogens with one attached hydrogen (secondary N) is 1. The lowest BCUT2D eigenvalue weighted by atomic mass is 10.1. The lowest BCUT2D eigenvalue weighted by Crippen LogP contribution is -2.47. The first-order valence-corrected chi connectivity index (χ1v) is 8.82. The van der Waals surface area contributed by atoms with Crippen LogP contribution >= 0.6 is 11.6 Å². The molecule has 0 spiro atoms. The number of hydrogen-bond acceptors (Lipinski definition) is 3. The van der Waals surface area contributed by atoms with Crippen molar-refractivity contribution in [2.45, 2.75) is 6.42 Å². The monoisotopic (exact) mass is 340 g/mol. The number of pyridine rings is 1. The van der Waals surface area contributed by atoms with Crippen molar-refractivity contribution in [2.24, 2.45) is 0 Å². The van der Waals surface area contributed by atoms with Crippen LogP contribution in [0.4, 0.5) is 5.82 Å². The molecule has 0 unspecified atom stereocenters. The van der Waals surface area contributed by atoms with E-state index in [4.69, 9.17) is 11.6 Å². The van der Waals surface area contributed by atoms with Gasteiger partial charge in [-0.15, -0.1) is 0 Å². The summed E-state index contributed by atoms with van der Waals surface area (Å²) in [5, 5.41) is 1.91. The van der Waals surface area contributed by atoms with Crippen LogP contribution in [0.1, 0.15) is 5.56 Å². The summed E-state index contributed by atoms with van der Waals surface area (Å²) in [5.41, 5.74) is 2.63. The fourth-order valence-electron chi connectivity index (χ4n) is 3.39. The molecule has 4 rings (SSSR count). The van der Waals surface area contributed by atoms with E-state index in [1.165, 1.54) is 16.5 Å². The number of hydrogen-bond donors (Lipinski definition) is 1. The highest BCUT2D eigenvalue weighted by molar-refractivity contribution is 6.29. The van der Waals surface area contributed by atoms with E-state index in [9.17, 15) is 0 Å². The Morgan fingerprint density at radius 2 is 1.83 bits per heavy atom. The Morgan fingerprint density at radius 1 is 1.00 bits per heavy atom. The molecule has 0 radical (unpaired) electrons. The van der Waals surface area contributed by atoms with Crippen molar-refractivity contribution in [1.29, 1.82) is 0 Å². The number of halogens is 1. The number of rotatable bonds is 4. The molecule has 1 aliphatic heterocycles. The summed E-state index contributed by atoms with van der Waals surface area (Å²) in [6.07, 6.45) is 3.23. The fourth-order valence-corrected chi connectivity index (χ4v) is 3.55. The molecule has 3 heterocycles. The minimum absolute atomic E-state index is 0.564. The van der Waals surface area contributed by atoms with E-state index in [0.29, 0.717) is 5.15 Å². The lowest BCUT2D eigenvalue weighted by Gasteiger charge is -2.35. The predicted molar refractivity (Wildman–Crippen MR) is 99.9 cm³/mol. The number of para-hydroxylation sites is 1. The number of benzene rings is 1. The molecule has 1 N–H and O–H groups in total. The van der Waals surface area contributed by atoms with Crippen LogP contribution in [-0.2, 0) is 6.42 Å². The van der Waals surface area contributed by atoms with Crippen molar-refractivity contribution in [2.75, 3.05) is 37.6 Å². The second-order valence-corrected chi connectivity index (χ2v) is 6.64. The summed E-state index contributed by atoms with van der Waals surface area (Å²) >= 11 is 6.00. The minimum atomic E-state index is 0.564. The van der Waals surface area contributed by atoms with E-state index < -0.39 is 0 Å². The Kier molecular flexibility index (Phi) is 4.41. The molecule has 24 heavy (non-hydrogen) atoms. The normalized spacial score (nSPS) is 16.0. The number of aromatic amines is 1. The molecular formula is C19H21ClN4. The molecule has 3 aromatic rings. The van der Waals surface area contributed by atoms with Gasteiger partial charge in [0.1, 0.15) is 11.0 Å². The summed E-state index contributed by atoms with van der Waals surface area (Å²) in [6.45, 7) is 5.23. The number of anilines is 1. The van der Waals surface area contributed by atoms with Crippen LogP contribution in [0.2, 0.25) is 5.15 Å². The predicted octanol–water partition coefficient (Wildman–Crippen LogP) is 3.58. The van der Waals surface area contributed by atoms with Gasteiger partial charge < -0.3 is 9.88 Å². The Hall–Kier alpha value is -2.04. The maximum absolute atomic E-state index is 6.00. The molecule has 0 bridgehead atoms. The van der Waals surface area contributed by atoms with Crippen molar-refractivity contribution in [3.05, 3.63) is 59.4 Å². The largest absolute Gasteiger partial charge is 0.361 e. The molecule has 1 saturated heterocycles. The first kappa shape index (κ1) is 15.5. The molecule has 1 fully saturated rings. The van der Waals surface area contributed by atoms with Gasteiger partial charge in [0, 0.05) is 49.8 Å². The average molecular weight is 341 g/mol. The smallest absolute Gasteiger partial charge is 0.131 e. The van der Waals surface area contributed by atoms with Gasteiger partial charge in [0.05, 0.1) is 0 Å². The summed E-state index contributed by atoms with van der Waals surface area (Å²) in [6, 6.07) is 14.3. The van der Waals surface area contributed by atoms with Crippen molar-refractivity contribution in [1.82, 2.24) is 14.9 Å². The highest BCUT2D eigenvalue weighted by Crippen LogP contribution is 2.19. The lowest BCUT2D eigenvalue weighted by molar-refractivity contribution is 0.260. The van der Waals surface area contributed by atoms with Gasteiger partial charge in [-0.1, -0.05) is 35.9 Å². The summed E-state index contributed by atoms with van der Waals surface area (Å²) in [7, 11) is 0. The Labute approximate surface area is 147 Å². The van der Waals surface area contributed by atoms with Crippen LogP contribution in [-0.4, -0.2) is 47.6 Å². The van der Waals surface area contributed by atoms with Gasteiger partial charge in [-0.3, -0.25) is 4.90 Å². The summed E-state index contributed by atoms with van der Waals surface area (Å²) in [4.78, 5) is 12.6. The third-order valence-corrected chi connectivity index (χ3v) is 4.98. The number of fused-ring (bicyclic) bond motifs is 1. The van der Waals surface area contributed by atoms with Crippen LogP contribution in [0, 0.1) is 0 Å². The second-order valence-electron chi connectivity index (χ2n) is 6.26. The Balaban J connectivity index is 1.33. The Bertz CT molecular complexity index is 821. The number of piperazine rings is 1. The topological polar surface area (TPSA) is 35.2 Å². The van der Waals surface area contributed by atoms with Gasteiger partial charge in [0.15, 0.2) is 0 Å². The van der Waals surface area contributed by atoms with Gasteiger partial charge in [-0.2, -0.15) is 0 Å². The molecule has 1 aliphatic rings. The van der Waals surface area contributed by atoms with Gasteiger partial charge in [-0.25, -0.2) is 4.98 Å². The molecule has 1 aromatic carbocycles. The fraction of sp³-hybridized carbons (Fsp3) is 0.316. The van der Waals surface area contributed by atoms with E-state index in [-0.39, 0.29) is 0 Å². The zero-order valence-electron chi connectivity index (χ0n) is 13.6. The molecule has 4 nitrogen and oxygen atoms in total. The molecule has 0 saturated carbocycles. The third kappa shape index (κ3) is 3.25. The minimum Gasteiger partial charge on any atom is -0.361 e. The number of H-pyrrole nitrogens is 1. The maximum atomic E-state index is 6.00. The van der Waals surface area contributed by atoms with Crippen LogP contribution in [0.3, 0.4) is 0 Å². The average Bonchev–Trinajstić information content (AvgIpc) is 3.04. The van der Waals surface area contributed by atoms with Crippen molar-refractivity contribution in [3.8, 4) is 0 Å². The Morgan fingerprint density at radius 3 is 2.67 bits per heavy atom. The van der Waals surface area contributed by atoms with Crippen LogP contribution in [0.5, 0.6) is 0 Å². The van der Waals surface area contributed by atoms with Crippen molar-refractivity contribution in [3.63, 3.8) is 0 Å². The summed E-state index contributed by atoms with van der Waals surface area (Å²) < 4.78 is 0. The zero-order chi connectivity index (χ0) is 16.4. The first-order valence-electron chi connectivity index (χ1n) is 8.44. The van der Waals surface area contributed by atoms with E-state index in [0.717, 1.165) is 45.0 Å². The second kappa shape index (κ2) is 6.83. The molecule has 5 heteroatoms. The highest BCUT2D eigenvalue weighted by Gasteiger charge is 2.18. The molecule has 2 aromatic heterocycles. The molecular weight excluding hydrogens is 320 g/mol. The van der Waals surface area contributed by atoms with Crippen LogP contribution in [0.15, 0.2) is 48.7 Å². The first-order chi connectivity index (χ1) is 11.8. The van der Waals surface area contributed by atoms with E-state index in [1.54, 1.807) is 0 Å². The van der Waals surface area contributed by atoms with Gasteiger partial charge >= 0.3 is 0 Å². The number of nitrogens with zero attached hydrogens (tertiary/aromatic N) is 3. The van der Waals surface area contributed by atoms with Crippen molar-refractivity contribution >= 4 is 28.3 Å². The third-order valence-electron chi connectivity index (χ3n) is 4.77. The van der Waals surface area contributed by atoms with Gasteiger partial charge in [-0.05, 0) is 30.2 Å². The summed E-state index contributed by atoms with van der Waals surface area (Å²) in [5.74, 6) is 0.985. The van der Waals surface area contributed by atoms with Gasteiger partial charge in [0.25, 0.3) is 0 Å². The van der Waals surface area contributed by atoms with Crippen LogP contribution in [0.25, 0.3) is 10.9 Å². The highest BCUT2D eigenvalue weighted by atomic mass is 35.5. The van der Waals surface area contributed by atoms with Gasteiger partial charge in [0.2, 0.25) is 0 Å². The zero-order valence-corrected chi connectivity index (χ0v) is 14.3. The standard InChI is InChI=1S/C19H21ClN4/c20-18-6-3-7-19(22-18)24-12-10-23(11-13-24)9-8-15-14-21-17-5-2-1-4-16(15)17/h1-7,14,21H,8-13H2. The van der Waals surface area contributed by atoms with E-state index >= 15 is 0 Å². The molecule has 124 valence electrons. The maximum Gasteiger partial charge on any atom is 0.131 e. The number of aromatic nitrogens is 2. The van der Waals surface area contributed by atoms with E-state index in [1.807, 2.05) is 18.2 Å². The quantitative estimate of drug-likeness (QED) is 0.737. The molecule has 0 aliphatic carbocycles. The van der Waals surface area contributed by atoms with Crippen LogP contribution < -0.4 is 4.90 Å². The molecule has 0 atom stereocenters. The molecule has 0 amide bonds. The van der Waals surface area contributed by atoms with Crippen molar-refractivity contribution < 1.29 is 0 Å².